The largest absolute Gasteiger partial charge is 0.366 e. The van der Waals surface area contributed by atoms with Gasteiger partial charge in [-0.15, -0.1) is 0 Å². The van der Waals surface area contributed by atoms with Crippen molar-refractivity contribution in [3.05, 3.63) is 53.7 Å². The fourth-order valence-electron chi connectivity index (χ4n) is 1.46. The molecule has 4 nitrogen and oxygen atoms in total. The van der Waals surface area contributed by atoms with Crippen molar-refractivity contribution < 1.29 is 4.79 Å². The number of pyridine rings is 1. The average Bonchev–Trinajstić information content (AvgIpc) is 2.33. The normalized spacial score (nSPS) is 9.94. The van der Waals surface area contributed by atoms with Crippen molar-refractivity contribution in [1.82, 2.24) is 4.98 Å². The summed E-state index contributed by atoms with van der Waals surface area (Å²) in [7, 11) is 0. The number of nitrogens with two attached hydrogens (primary N) is 1. The number of amides is 1. The molecule has 17 heavy (non-hydrogen) atoms. The summed E-state index contributed by atoms with van der Waals surface area (Å²) in [6, 6.07) is 11.3. The molecular weight excluding hydrogens is 214 g/mol. The second kappa shape index (κ2) is 4.65. The molecule has 0 radical (unpaired) electrons. The smallest absolute Gasteiger partial charge is 0.250 e. The Labute approximate surface area is 99.5 Å². The molecule has 0 saturated carbocycles. The Kier molecular flexibility index (Phi) is 3.05. The number of anilines is 2. The molecule has 0 saturated heterocycles. The second-order valence-electron chi connectivity index (χ2n) is 3.74. The maximum Gasteiger partial charge on any atom is 0.250 e. The van der Waals surface area contributed by atoms with Gasteiger partial charge in [-0.05, 0) is 30.7 Å². The molecule has 1 aromatic carbocycles. The third-order valence-electron chi connectivity index (χ3n) is 2.46. The molecule has 1 aromatic heterocycles. The van der Waals surface area contributed by atoms with E-state index in [1.165, 1.54) is 6.20 Å². The van der Waals surface area contributed by atoms with Gasteiger partial charge in [0, 0.05) is 11.9 Å². The van der Waals surface area contributed by atoms with E-state index in [1.54, 1.807) is 12.1 Å². The highest BCUT2D eigenvalue weighted by Crippen LogP contribution is 2.18. The summed E-state index contributed by atoms with van der Waals surface area (Å²) in [4.78, 5) is 15.0. The Morgan fingerprint density at radius 2 is 2.00 bits per heavy atom. The van der Waals surface area contributed by atoms with Crippen molar-refractivity contribution >= 4 is 17.4 Å². The lowest BCUT2D eigenvalue weighted by molar-refractivity contribution is 0.1000. The van der Waals surface area contributed by atoms with Crippen LogP contribution in [0, 0.1) is 6.92 Å². The zero-order chi connectivity index (χ0) is 12.3. The molecule has 0 aliphatic carbocycles. The lowest BCUT2D eigenvalue weighted by Gasteiger charge is -2.08. The molecule has 1 heterocycles. The number of para-hydroxylation sites is 1. The first-order valence-electron chi connectivity index (χ1n) is 5.25. The van der Waals surface area contributed by atoms with E-state index in [0.717, 1.165) is 11.3 Å². The molecule has 4 heteroatoms. The molecule has 0 bridgehead atoms. The zero-order valence-corrected chi connectivity index (χ0v) is 9.47. The van der Waals surface area contributed by atoms with Crippen molar-refractivity contribution in [2.75, 3.05) is 5.32 Å². The molecule has 1 amide bonds. The van der Waals surface area contributed by atoms with Crippen LogP contribution in [-0.4, -0.2) is 10.9 Å². The number of benzene rings is 1. The first-order valence-corrected chi connectivity index (χ1v) is 5.25. The molecule has 0 spiro atoms. The van der Waals surface area contributed by atoms with Crippen LogP contribution in [0.2, 0.25) is 0 Å². The van der Waals surface area contributed by atoms with Crippen LogP contribution < -0.4 is 11.1 Å². The summed E-state index contributed by atoms with van der Waals surface area (Å²) >= 11 is 0. The quantitative estimate of drug-likeness (QED) is 0.844. The van der Waals surface area contributed by atoms with E-state index in [2.05, 4.69) is 10.3 Å². The number of carbonyl (C=O) groups is 1. The van der Waals surface area contributed by atoms with Gasteiger partial charge in [-0.25, -0.2) is 4.98 Å². The molecule has 0 aliphatic rings. The van der Waals surface area contributed by atoms with Gasteiger partial charge in [0.05, 0.1) is 5.56 Å². The van der Waals surface area contributed by atoms with Crippen LogP contribution in [0.3, 0.4) is 0 Å². The molecule has 86 valence electrons. The maximum absolute atomic E-state index is 10.9. The Morgan fingerprint density at radius 3 is 2.59 bits per heavy atom. The maximum atomic E-state index is 10.9. The van der Waals surface area contributed by atoms with Crippen LogP contribution in [0.4, 0.5) is 11.5 Å². The van der Waals surface area contributed by atoms with Gasteiger partial charge in [-0.1, -0.05) is 18.2 Å². The van der Waals surface area contributed by atoms with Gasteiger partial charge in [0.15, 0.2) is 0 Å². The number of nitrogens with one attached hydrogen (secondary N) is 1. The summed E-state index contributed by atoms with van der Waals surface area (Å²) < 4.78 is 0. The summed E-state index contributed by atoms with van der Waals surface area (Å²) in [6.45, 7) is 2.01. The van der Waals surface area contributed by atoms with Gasteiger partial charge in [0.25, 0.3) is 0 Å². The number of aromatic nitrogens is 1. The molecule has 2 aromatic rings. The number of carbonyl (C=O) groups excluding carboxylic acids is 1. The van der Waals surface area contributed by atoms with Gasteiger partial charge in [-0.2, -0.15) is 0 Å². The fraction of sp³-hybridized carbons (Fsp3) is 0.0769. The SMILES string of the molecule is Cc1ccccc1Nc1ccc(C(N)=O)cn1. The highest BCUT2D eigenvalue weighted by molar-refractivity contribution is 5.92. The third kappa shape index (κ3) is 2.60. The number of aryl methyl sites for hydroxylation is 1. The minimum Gasteiger partial charge on any atom is -0.366 e. The summed E-state index contributed by atoms with van der Waals surface area (Å²) in [6.07, 6.45) is 1.46. The first-order chi connectivity index (χ1) is 8.16. The van der Waals surface area contributed by atoms with E-state index in [0.29, 0.717) is 11.4 Å². The zero-order valence-electron chi connectivity index (χ0n) is 9.47. The second-order valence-corrected chi connectivity index (χ2v) is 3.74. The minimum atomic E-state index is -0.472. The molecular formula is C13H13N3O. The van der Waals surface area contributed by atoms with Crippen LogP contribution in [-0.2, 0) is 0 Å². The van der Waals surface area contributed by atoms with Crippen molar-refractivity contribution in [3.63, 3.8) is 0 Å². The molecule has 0 aliphatic heterocycles. The van der Waals surface area contributed by atoms with Crippen LogP contribution in [0.15, 0.2) is 42.6 Å². The third-order valence-corrected chi connectivity index (χ3v) is 2.46. The highest BCUT2D eigenvalue weighted by Gasteiger charge is 2.02. The minimum absolute atomic E-state index is 0.403. The molecule has 2 rings (SSSR count). The van der Waals surface area contributed by atoms with E-state index in [1.807, 2.05) is 31.2 Å². The summed E-state index contributed by atoms with van der Waals surface area (Å²) in [5, 5.41) is 3.18. The van der Waals surface area contributed by atoms with Crippen molar-refractivity contribution in [1.29, 1.82) is 0 Å². The van der Waals surface area contributed by atoms with Gasteiger partial charge in [-0.3, -0.25) is 4.79 Å². The van der Waals surface area contributed by atoms with Crippen LogP contribution in [0.5, 0.6) is 0 Å². The Morgan fingerprint density at radius 1 is 1.24 bits per heavy atom. The molecule has 0 atom stereocenters. The Hall–Kier alpha value is -2.36. The van der Waals surface area contributed by atoms with Gasteiger partial charge < -0.3 is 11.1 Å². The number of hydrogen-bond donors (Lipinski definition) is 2. The number of hydrogen-bond acceptors (Lipinski definition) is 3. The van der Waals surface area contributed by atoms with Crippen LogP contribution in [0.25, 0.3) is 0 Å². The lowest BCUT2D eigenvalue weighted by atomic mass is 10.2. The van der Waals surface area contributed by atoms with Gasteiger partial charge in [0.2, 0.25) is 5.91 Å². The van der Waals surface area contributed by atoms with Crippen molar-refractivity contribution in [2.24, 2.45) is 5.73 Å². The van der Waals surface area contributed by atoms with Crippen LogP contribution in [0.1, 0.15) is 15.9 Å². The topological polar surface area (TPSA) is 68.0 Å². The molecule has 0 fully saturated rings. The highest BCUT2D eigenvalue weighted by atomic mass is 16.1. The van der Waals surface area contributed by atoms with E-state index in [-0.39, 0.29) is 0 Å². The van der Waals surface area contributed by atoms with Crippen molar-refractivity contribution in [2.45, 2.75) is 6.92 Å². The van der Waals surface area contributed by atoms with E-state index in [9.17, 15) is 4.79 Å². The number of rotatable bonds is 3. The standard InChI is InChI=1S/C13H13N3O/c1-9-4-2-3-5-11(9)16-12-7-6-10(8-15-12)13(14)17/h2-8H,1H3,(H2,14,17)(H,15,16). The van der Waals surface area contributed by atoms with Crippen molar-refractivity contribution in [3.8, 4) is 0 Å². The predicted molar refractivity (Wildman–Crippen MR) is 67.2 cm³/mol. The fourth-order valence-corrected chi connectivity index (χ4v) is 1.46. The summed E-state index contributed by atoms with van der Waals surface area (Å²) in [5.41, 5.74) is 7.67. The number of primary amides is 1. The first kappa shape index (κ1) is 11.1. The van der Waals surface area contributed by atoms with Gasteiger partial charge in [0.1, 0.15) is 5.82 Å². The molecule has 3 N–H and O–H groups in total. The Balaban J connectivity index is 2.20. The number of nitrogens with zero attached hydrogens (tertiary/aromatic N) is 1. The van der Waals surface area contributed by atoms with E-state index < -0.39 is 5.91 Å². The lowest BCUT2D eigenvalue weighted by Crippen LogP contribution is -2.11. The Bertz CT molecular complexity index is 535. The van der Waals surface area contributed by atoms with E-state index >= 15 is 0 Å². The van der Waals surface area contributed by atoms with Crippen LogP contribution >= 0.6 is 0 Å². The van der Waals surface area contributed by atoms with Gasteiger partial charge >= 0.3 is 0 Å². The summed E-state index contributed by atoms with van der Waals surface area (Å²) in [5.74, 6) is 0.212. The van der Waals surface area contributed by atoms with E-state index in [4.69, 9.17) is 5.73 Å². The average molecular weight is 227 g/mol. The molecule has 0 unspecified atom stereocenters. The predicted octanol–water partition coefficient (Wildman–Crippen LogP) is 2.23. The monoisotopic (exact) mass is 227 g/mol.